The van der Waals surface area contributed by atoms with E-state index in [0.717, 1.165) is 38.7 Å². The number of nitrogens with zero attached hydrogens (tertiary/aromatic N) is 1. The normalized spacial score (nSPS) is 11.1. The second-order valence-corrected chi connectivity index (χ2v) is 7.73. The van der Waals surface area contributed by atoms with Crippen LogP contribution in [-0.2, 0) is 11.2 Å². The Balaban J connectivity index is 1.73. The highest BCUT2D eigenvalue weighted by atomic mass is 35.5. The Morgan fingerprint density at radius 3 is 2.52 bits per heavy atom. The molecule has 1 heterocycles. The molecule has 0 radical (unpaired) electrons. The topological polar surface area (TPSA) is 95.4 Å². The number of aliphatic carboxylic acids is 1. The molecule has 0 aliphatic carbocycles. The summed E-state index contributed by atoms with van der Waals surface area (Å²) in [5.41, 5.74) is 5.71. The average molecular weight is 437 g/mol. The van der Waals surface area contributed by atoms with Crippen LogP contribution in [0, 0.1) is 6.92 Å². The van der Waals surface area contributed by atoms with Gasteiger partial charge in [0.2, 0.25) is 0 Å². The van der Waals surface area contributed by atoms with Crippen molar-refractivity contribution in [2.75, 3.05) is 7.11 Å². The number of rotatable bonds is 6. The molecule has 3 aromatic carbocycles. The summed E-state index contributed by atoms with van der Waals surface area (Å²) in [6, 6.07) is 15.1. The van der Waals surface area contributed by atoms with Gasteiger partial charge in [-0.1, -0.05) is 41.9 Å². The summed E-state index contributed by atoms with van der Waals surface area (Å²) in [5.74, 6) is -0.333. The molecule has 4 aromatic rings. The number of aromatic hydroxyl groups is 1. The van der Waals surface area contributed by atoms with E-state index in [9.17, 15) is 9.90 Å². The average Bonchev–Trinajstić information content (AvgIpc) is 3.14. The van der Waals surface area contributed by atoms with Gasteiger partial charge in [0.15, 0.2) is 11.5 Å². The second-order valence-electron chi connectivity index (χ2n) is 7.33. The lowest BCUT2D eigenvalue weighted by Crippen LogP contribution is -1.98. The lowest BCUT2D eigenvalue weighted by atomic mass is 9.95. The first-order valence-corrected chi connectivity index (χ1v) is 10.1. The first kappa shape index (κ1) is 20.8. The third-order valence-electron chi connectivity index (χ3n) is 5.36. The molecule has 6 nitrogen and oxygen atoms in total. The predicted octanol–water partition coefficient (Wildman–Crippen LogP) is 5.59. The molecule has 0 amide bonds. The number of carboxylic acid groups (broad SMARTS) is 1. The summed E-state index contributed by atoms with van der Waals surface area (Å²) >= 11 is 6.52. The molecule has 0 unspecified atom stereocenters. The third-order valence-corrected chi connectivity index (χ3v) is 5.67. The number of carbonyl (C=O) groups is 1. The molecule has 158 valence electrons. The lowest BCUT2D eigenvalue weighted by molar-refractivity contribution is -0.136. The van der Waals surface area contributed by atoms with Gasteiger partial charge in [-0.15, -0.1) is 0 Å². The molecule has 0 fully saturated rings. The van der Waals surface area contributed by atoms with Gasteiger partial charge in [-0.05, 0) is 41.8 Å². The van der Waals surface area contributed by atoms with Gasteiger partial charge in [-0.25, -0.2) is 0 Å². The summed E-state index contributed by atoms with van der Waals surface area (Å²) in [4.78, 5) is 10.9. The Labute approximate surface area is 184 Å². The number of benzene rings is 3. The van der Waals surface area contributed by atoms with Crippen molar-refractivity contribution in [1.82, 2.24) is 10.2 Å². The maximum atomic E-state index is 10.9. The number of phenolic OH excluding ortho intramolecular Hbond substituents is 1. The van der Waals surface area contributed by atoms with Crippen molar-refractivity contribution in [2.24, 2.45) is 0 Å². The highest BCUT2D eigenvalue weighted by molar-refractivity contribution is 6.34. The number of carboxylic acids is 1. The highest BCUT2D eigenvalue weighted by Gasteiger charge is 2.15. The highest BCUT2D eigenvalue weighted by Crippen LogP contribution is 2.40. The van der Waals surface area contributed by atoms with Gasteiger partial charge in [0.05, 0.1) is 29.8 Å². The van der Waals surface area contributed by atoms with Gasteiger partial charge in [-0.3, -0.25) is 9.89 Å². The number of aryl methyl sites for hydroxylation is 2. The van der Waals surface area contributed by atoms with Crippen molar-refractivity contribution in [3.05, 3.63) is 64.8 Å². The van der Waals surface area contributed by atoms with Crippen LogP contribution < -0.4 is 4.74 Å². The van der Waals surface area contributed by atoms with Crippen LogP contribution in [0.1, 0.15) is 17.7 Å². The van der Waals surface area contributed by atoms with Crippen LogP contribution in [0.4, 0.5) is 0 Å². The van der Waals surface area contributed by atoms with E-state index >= 15 is 0 Å². The Hall–Kier alpha value is -3.51. The number of nitrogens with one attached hydrogen (secondary N) is 1. The van der Waals surface area contributed by atoms with E-state index in [-0.39, 0.29) is 12.2 Å². The van der Waals surface area contributed by atoms with Gasteiger partial charge in [-0.2, -0.15) is 5.10 Å². The Morgan fingerprint density at radius 1 is 1.13 bits per heavy atom. The number of ether oxygens (including phenoxy) is 1. The number of aromatic nitrogens is 2. The smallest absolute Gasteiger partial charge is 0.303 e. The second kappa shape index (κ2) is 8.32. The van der Waals surface area contributed by atoms with Gasteiger partial charge in [0, 0.05) is 22.9 Å². The SMILES string of the molecule is COc1ccc(C)c(-c2ccc(-c3cc4c(CCC(=O)O)n[nH]c4cc3Cl)cc2)c1O. The predicted molar refractivity (Wildman–Crippen MR) is 121 cm³/mol. The zero-order valence-corrected chi connectivity index (χ0v) is 17.8. The largest absolute Gasteiger partial charge is 0.504 e. The summed E-state index contributed by atoms with van der Waals surface area (Å²) in [6.45, 7) is 1.94. The fourth-order valence-electron chi connectivity index (χ4n) is 3.75. The quantitative estimate of drug-likeness (QED) is 0.366. The fraction of sp³-hybridized carbons (Fsp3) is 0.167. The van der Waals surface area contributed by atoms with Crippen LogP contribution in [0.3, 0.4) is 0 Å². The molecule has 4 rings (SSSR count). The molecule has 31 heavy (non-hydrogen) atoms. The molecule has 0 bridgehead atoms. The summed E-state index contributed by atoms with van der Waals surface area (Å²) in [7, 11) is 1.52. The molecular weight excluding hydrogens is 416 g/mol. The third kappa shape index (κ3) is 3.94. The van der Waals surface area contributed by atoms with E-state index in [1.807, 2.05) is 43.3 Å². The van der Waals surface area contributed by atoms with Crippen molar-refractivity contribution in [2.45, 2.75) is 19.8 Å². The molecule has 0 aliphatic heterocycles. The monoisotopic (exact) mass is 436 g/mol. The van der Waals surface area contributed by atoms with E-state index in [4.69, 9.17) is 21.4 Å². The van der Waals surface area contributed by atoms with Crippen molar-refractivity contribution in [1.29, 1.82) is 0 Å². The zero-order valence-electron chi connectivity index (χ0n) is 17.1. The molecule has 7 heteroatoms. The molecule has 1 aromatic heterocycles. The van der Waals surface area contributed by atoms with Crippen LogP contribution >= 0.6 is 11.6 Å². The van der Waals surface area contributed by atoms with E-state index in [1.165, 1.54) is 7.11 Å². The maximum absolute atomic E-state index is 10.9. The van der Waals surface area contributed by atoms with Crippen LogP contribution in [-0.4, -0.2) is 33.5 Å². The number of methoxy groups -OCH3 is 1. The van der Waals surface area contributed by atoms with Crippen LogP contribution in [0.2, 0.25) is 5.02 Å². The number of fused-ring (bicyclic) bond motifs is 1. The molecule has 0 saturated carbocycles. The summed E-state index contributed by atoms with van der Waals surface area (Å²) in [5, 5.41) is 28.1. The fourth-order valence-corrected chi connectivity index (χ4v) is 4.02. The van der Waals surface area contributed by atoms with Crippen molar-refractivity contribution in [3.63, 3.8) is 0 Å². The maximum Gasteiger partial charge on any atom is 0.303 e. The molecule has 0 atom stereocenters. The Kier molecular flexibility index (Phi) is 5.57. The van der Waals surface area contributed by atoms with Gasteiger partial charge in [0.1, 0.15) is 0 Å². The molecule has 0 aliphatic rings. The van der Waals surface area contributed by atoms with Crippen LogP contribution in [0.25, 0.3) is 33.2 Å². The van der Waals surface area contributed by atoms with Crippen molar-refractivity contribution < 1.29 is 19.7 Å². The minimum absolute atomic E-state index is 0.00991. The van der Waals surface area contributed by atoms with E-state index < -0.39 is 5.97 Å². The van der Waals surface area contributed by atoms with Crippen LogP contribution in [0.15, 0.2) is 48.5 Å². The summed E-state index contributed by atoms with van der Waals surface area (Å²) < 4.78 is 5.24. The van der Waals surface area contributed by atoms with Gasteiger partial charge < -0.3 is 14.9 Å². The first-order chi connectivity index (χ1) is 14.9. The molecule has 0 spiro atoms. The Bertz CT molecular complexity index is 1280. The minimum atomic E-state index is -0.864. The zero-order chi connectivity index (χ0) is 22.1. The number of hydrogen-bond donors (Lipinski definition) is 3. The number of H-pyrrole nitrogens is 1. The van der Waals surface area contributed by atoms with E-state index in [2.05, 4.69) is 10.2 Å². The minimum Gasteiger partial charge on any atom is -0.504 e. The number of phenols is 1. The van der Waals surface area contributed by atoms with E-state index in [1.54, 1.807) is 12.1 Å². The van der Waals surface area contributed by atoms with E-state index in [0.29, 0.717) is 22.9 Å². The molecule has 0 saturated heterocycles. The number of halogens is 1. The summed E-state index contributed by atoms with van der Waals surface area (Å²) in [6.07, 6.45) is 0.347. The van der Waals surface area contributed by atoms with Crippen molar-refractivity contribution >= 4 is 28.5 Å². The molecular formula is C24H21ClN2O4. The van der Waals surface area contributed by atoms with Gasteiger partial charge >= 0.3 is 5.97 Å². The number of hydrogen-bond acceptors (Lipinski definition) is 4. The van der Waals surface area contributed by atoms with Gasteiger partial charge in [0.25, 0.3) is 0 Å². The van der Waals surface area contributed by atoms with Crippen LogP contribution in [0.5, 0.6) is 11.5 Å². The Morgan fingerprint density at radius 2 is 1.84 bits per heavy atom. The molecule has 3 N–H and O–H groups in total. The lowest BCUT2D eigenvalue weighted by Gasteiger charge is -2.13. The van der Waals surface area contributed by atoms with Crippen molar-refractivity contribution in [3.8, 4) is 33.8 Å². The number of aromatic amines is 1. The first-order valence-electron chi connectivity index (χ1n) is 9.74. The standard InChI is InChI=1S/C24H21ClN2O4/c1-13-3-9-21(31-2)24(30)23(13)15-6-4-14(5-7-15)16-11-17-19(8-10-22(28)29)26-27-20(17)12-18(16)25/h3-7,9,11-12,30H,8,10H2,1-2H3,(H,26,27)(H,28,29).